The standard InChI is InChI=1S/2C10H7N3O4S/c2*14-8-5-11-10(18)12(8)9(15)6-1-3-7(4-2-6)13(16)17/h2*1-4H,5H2,(H,11,18). The lowest BCUT2D eigenvalue weighted by Gasteiger charge is -2.12. The largest absolute Gasteiger partial charge is 0.353 e. The number of non-ortho nitro benzene ring substituents is 2. The maximum absolute atomic E-state index is 12.0. The third-order valence-electron chi connectivity index (χ3n) is 4.74. The first kappa shape index (κ1) is 25.9. The molecule has 2 saturated heterocycles. The molecular weight excluding hydrogens is 516 g/mol. The molecule has 2 aliphatic rings. The van der Waals surface area contributed by atoms with Crippen LogP contribution in [0.25, 0.3) is 0 Å². The molecule has 2 heterocycles. The molecule has 0 saturated carbocycles. The fraction of sp³-hybridized carbons (Fsp3) is 0.100. The van der Waals surface area contributed by atoms with E-state index in [0.717, 1.165) is 9.80 Å². The molecule has 14 nitrogen and oxygen atoms in total. The Labute approximate surface area is 212 Å². The number of carbonyl (C=O) groups is 4. The number of nitro benzene ring substituents is 2. The lowest BCUT2D eigenvalue weighted by Crippen LogP contribution is -2.36. The van der Waals surface area contributed by atoms with Crippen LogP contribution in [0, 0.1) is 20.2 Å². The molecular formula is C20H14N6O8S2. The van der Waals surface area contributed by atoms with Crippen molar-refractivity contribution in [1.29, 1.82) is 0 Å². The Kier molecular flexibility index (Phi) is 7.70. The van der Waals surface area contributed by atoms with E-state index in [4.69, 9.17) is 24.4 Å². The van der Waals surface area contributed by atoms with Crippen molar-refractivity contribution in [2.45, 2.75) is 0 Å². The van der Waals surface area contributed by atoms with E-state index in [1.807, 2.05) is 0 Å². The summed E-state index contributed by atoms with van der Waals surface area (Å²) in [5, 5.41) is 26.2. The van der Waals surface area contributed by atoms with Crippen LogP contribution in [0.1, 0.15) is 20.7 Å². The number of rotatable bonds is 4. The van der Waals surface area contributed by atoms with Crippen LogP contribution < -0.4 is 10.6 Å². The van der Waals surface area contributed by atoms with Gasteiger partial charge in [0.25, 0.3) is 35.0 Å². The van der Waals surface area contributed by atoms with Gasteiger partial charge in [-0.05, 0) is 48.7 Å². The monoisotopic (exact) mass is 530 g/mol. The van der Waals surface area contributed by atoms with Crippen molar-refractivity contribution < 1.29 is 29.0 Å². The van der Waals surface area contributed by atoms with Gasteiger partial charge in [-0.1, -0.05) is 0 Å². The first-order chi connectivity index (χ1) is 17.0. The summed E-state index contributed by atoms with van der Waals surface area (Å²) < 4.78 is 0. The SMILES string of the molecule is O=C1CNC(=S)N1C(=O)c1ccc([N+](=O)[O-])cc1.O=C1CNC(=S)N1C(=O)c1ccc([N+](=O)[O-])cc1. The van der Waals surface area contributed by atoms with Crippen LogP contribution in [0.2, 0.25) is 0 Å². The minimum absolute atomic E-state index is 0.0163. The minimum atomic E-state index is -0.593. The number of benzene rings is 2. The maximum atomic E-state index is 12.0. The second-order valence-electron chi connectivity index (χ2n) is 6.99. The van der Waals surface area contributed by atoms with Crippen molar-refractivity contribution in [2.24, 2.45) is 0 Å². The summed E-state index contributed by atoms with van der Waals surface area (Å²) in [4.78, 5) is 68.2. The normalized spacial score (nSPS) is 14.6. The Balaban J connectivity index is 0.000000201. The Morgan fingerprint density at radius 1 is 0.694 bits per heavy atom. The lowest BCUT2D eigenvalue weighted by molar-refractivity contribution is -0.385. The fourth-order valence-electron chi connectivity index (χ4n) is 2.97. The molecule has 2 aromatic carbocycles. The van der Waals surface area contributed by atoms with Gasteiger partial charge in [0.15, 0.2) is 10.2 Å². The Hall–Kier alpha value is -4.70. The van der Waals surface area contributed by atoms with Crippen molar-refractivity contribution in [1.82, 2.24) is 20.4 Å². The highest BCUT2D eigenvalue weighted by atomic mass is 32.1. The van der Waals surface area contributed by atoms with Crippen LogP contribution in [0.3, 0.4) is 0 Å². The third kappa shape index (κ3) is 5.50. The van der Waals surface area contributed by atoms with Gasteiger partial charge in [-0.2, -0.15) is 0 Å². The fourth-order valence-corrected chi connectivity index (χ4v) is 3.48. The van der Waals surface area contributed by atoms with E-state index in [2.05, 4.69) is 10.6 Å². The quantitative estimate of drug-likeness (QED) is 0.247. The van der Waals surface area contributed by atoms with Crippen molar-refractivity contribution in [2.75, 3.05) is 13.1 Å². The molecule has 2 fully saturated rings. The van der Waals surface area contributed by atoms with E-state index in [1.54, 1.807) is 0 Å². The van der Waals surface area contributed by atoms with Gasteiger partial charge >= 0.3 is 0 Å². The Bertz CT molecular complexity index is 1180. The number of nitrogens with zero attached hydrogens (tertiary/aromatic N) is 4. The van der Waals surface area contributed by atoms with Crippen molar-refractivity contribution in [3.05, 3.63) is 79.9 Å². The number of thiocarbonyl (C=S) groups is 2. The molecule has 0 aliphatic carbocycles. The van der Waals surface area contributed by atoms with E-state index in [-0.39, 0.29) is 45.8 Å². The average Bonchev–Trinajstić information content (AvgIpc) is 3.38. The molecule has 2 aromatic rings. The molecule has 0 spiro atoms. The second-order valence-corrected chi connectivity index (χ2v) is 7.77. The number of nitrogens with one attached hydrogen (secondary N) is 2. The first-order valence-corrected chi connectivity index (χ1v) is 10.6. The summed E-state index contributed by atoms with van der Waals surface area (Å²) in [5.74, 6) is -2.07. The van der Waals surface area contributed by atoms with Gasteiger partial charge < -0.3 is 10.6 Å². The lowest BCUT2D eigenvalue weighted by atomic mass is 10.2. The minimum Gasteiger partial charge on any atom is -0.353 e. The van der Waals surface area contributed by atoms with Crippen LogP contribution in [-0.4, -0.2) is 66.6 Å². The highest BCUT2D eigenvalue weighted by molar-refractivity contribution is 7.80. The highest BCUT2D eigenvalue weighted by Gasteiger charge is 2.33. The maximum Gasteiger partial charge on any atom is 0.269 e. The van der Waals surface area contributed by atoms with Gasteiger partial charge in [0.2, 0.25) is 0 Å². The van der Waals surface area contributed by atoms with E-state index in [9.17, 15) is 39.4 Å². The number of hydrogen-bond donors (Lipinski definition) is 2. The zero-order valence-corrected chi connectivity index (χ0v) is 19.5. The van der Waals surface area contributed by atoms with Crippen LogP contribution >= 0.6 is 24.4 Å². The van der Waals surface area contributed by atoms with E-state index < -0.39 is 33.5 Å². The summed E-state index contributed by atoms with van der Waals surface area (Å²) in [5.41, 5.74) is 0.0833. The molecule has 2 N–H and O–H groups in total. The Morgan fingerprint density at radius 2 is 1.00 bits per heavy atom. The predicted octanol–water partition coefficient (Wildman–Crippen LogP) is 0.903. The number of carbonyl (C=O) groups excluding carboxylic acids is 4. The molecule has 36 heavy (non-hydrogen) atoms. The molecule has 0 radical (unpaired) electrons. The molecule has 2 aliphatic heterocycles. The highest BCUT2D eigenvalue weighted by Crippen LogP contribution is 2.16. The average molecular weight is 531 g/mol. The topological polar surface area (TPSA) is 185 Å². The second kappa shape index (κ2) is 10.7. The summed E-state index contributed by atoms with van der Waals surface area (Å²) in [7, 11) is 0. The van der Waals surface area contributed by atoms with Gasteiger partial charge in [-0.15, -0.1) is 0 Å². The van der Waals surface area contributed by atoms with E-state index >= 15 is 0 Å². The zero-order valence-electron chi connectivity index (χ0n) is 17.9. The van der Waals surface area contributed by atoms with Gasteiger partial charge in [0.1, 0.15) is 0 Å². The van der Waals surface area contributed by atoms with Gasteiger partial charge in [-0.3, -0.25) is 39.4 Å². The van der Waals surface area contributed by atoms with Crippen molar-refractivity contribution >= 4 is 69.7 Å². The van der Waals surface area contributed by atoms with Gasteiger partial charge in [0, 0.05) is 35.4 Å². The summed E-state index contributed by atoms with van der Waals surface area (Å²) in [6.45, 7) is -0.0326. The molecule has 4 rings (SSSR count). The van der Waals surface area contributed by atoms with E-state index in [0.29, 0.717) is 0 Å². The third-order valence-corrected chi connectivity index (χ3v) is 5.40. The number of imide groups is 2. The smallest absolute Gasteiger partial charge is 0.269 e. The number of hydrogen-bond acceptors (Lipinski definition) is 10. The molecule has 4 amide bonds. The summed E-state index contributed by atoms with van der Waals surface area (Å²) in [6, 6.07) is 9.94. The Morgan fingerprint density at radius 3 is 1.22 bits per heavy atom. The van der Waals surface area contributed by atoms with Crippen LogP contribution in [-0.2, 0) is 9.59 Å². The first-order valence-electron chi connectivity index (χ1n) is 9.80. The molecule has 0 bridgehead atoms. The zero-order chi connectivity index (χ0) is 26.6. The summed E-state index contributed by atoms with van der Waals surface area (Å²) >= 11 is 9.65. The molecule has 0 atom stereocenters. The van der Waals surface area contributed by atoms with Crippen molar-refractivity contribution in [3.63, 3.8) is 0 Å². The van der Waals surface area contributed by atoms with Gasteiger partial charge in [0.05, 0.1) is 22.9 Å². The van der Waals surface area contributed by atoms with Crippen molar-refractivity contribution in [3.8, 4) is 0 Å². The summed E-state index contributed by atoms with van der Waals surface area (Å²) in [6.07, 6.45) is 0. The predicted molar refractivity (Wildman–Crippen MR) is 130 cm³/mol. The number of nitro groups is 2. The van der Waals surface area contributed by atoms with Gasteiger partial charge in [-0.25, -0.2) is 9.80 Å². The molecule has 0 unspecified atom stereocenters. The van der Waals surface area contributed by atoms with E-state index in [1.165, 1.54) is 48.5 Å². The van der Waals surface area contributed by atoms with Crippen LogP contribution in [0.15, 0.2) is 48.5 Å². The molecule has 16 heteroatoms. The van der Waals surface area contributed by atoms with Crippen LogP contribution in [0.4, 0.5) is 11.4 Å². The van der Waals surface area contributed by atoms with Crippen LogP contribution in [0.5, 0.6) is 0 Å². The molecule has 184 valence electrons. The molecule has 0 aromatic heterocycles. The number of amides is 4.